The molecule has 0 aliphatic carbocycles. The van der Waals surface area contributed by atoms with Gasteiger partial charge in [-0.15, -0.1) is 0 Å². The van der Waals surface area contributed by atoms with Crippen molar-refractivity contribution < 1.29 is 22.7 Å². The molecular weight excluding hydrogens is 358 g/mol. The van der Waals surface area contributed by atoms with Gasteiger partial charge in [-0.25, -0.2) is 8.42 Å². The maximum Gasteiger partial charge on any atom is 0.266 e. The molecule has 0 radical (unpaired) electrons. The lowest BCUT2D eigenvalue weighted by Gasteiger charge is -2.12. The summed E-state index contributed by atoms with van der Waals surface area (Å²) in [5.41, 5.74) is 0.506. The second-order valence-electron chi connectivity index (χ2n) is 5.24. The second kappa shape index (κ2) is 5.67. The van der Waals surface area contributed by atoms with Gasteiger partial charge in [0, 0.05) is 18.7 Å². The van der Waals surface area contributed by atoms with Gasteiger partial charge in [-0.05, 0) is 19.9 Å². The minimum atomic E-state index is -4.04. The fraction of sp³-hybridized carbons (Fsp3) is 0.286. The second-order valence-corrected chi connectivity index (χ2v) is 7.22. The van der Waals surface area contributed by atoms with Crippen molar-refractivity contribution in [2.45, 2.75) is 18.7 Å². The number of sulfonamides is 1. The Balaban J connectivity index is 2.09. The minimum Gasteiger partial charge on any atom is -0.454 e. The number of aryl methyl sites for hydroxylation is 2. The molecule has 0 atom stereocenters. The van der Waals surface area contributed by atoms with E-state index in [0.717, 1.165) is 0 Å². The maximum atomic E-state index is 12.7. The molecule has 0 amide bonds. The van der Waals surface area contributed by atoms with E-state index < -0.39 is 10.0 Å². The van der Waals surface area contributed by atoms with Crippen LogP contribution in [0.3, 0.4) is 0 Å². The van der Waals surface area contributed by atoms with Crippen LogP contribution in [0.15, 0.2) is 17.0 Å². The lowest BCUT2D eigenvalue weighted by Crippen LogP contribution is -2.16. The zero-order chi connectivity index (χ0) is 17.6. The average molecular weight is 372 g/mol. The predicted octanol–water partition coefficient (Wildman–Crippen LogP) is 2.11. The summed E-state index contributed by atoms with van der Waals surface area (Å²) in [6.45, 7) is 2.88. The van der Waals surface area contributed by atoms with Gasteiger partial charge in [0.1, 0.15) is 10.0 Å². The summed E-state index contributed by atoms with van der Waals surface area (Å²) in [5.74, 6) is 0.422. The number of rotatable bonds is 4. The standard InChI is InChI=1S/C14H14ClN3O5S/c1-7-13(14(15)18(3)16-7)24(20,21)17-10-5-12-11(22-6-23-12)4-9(10)8(2)19/h4-5,17H,6H2,1-3H3. The van der Waals surface area contributed by atoms with Crippen LogP contribution >= 0.6 is 11.6 Å². The molecule has 0 saturated heterocycles. The Labute approximate surface area is 143 Å². The molecule has 0 bridgehead atoms. The monoisotopic (exact) mass is 371 g/mol. The summed E-state index contributed by atoms with van der Waals surface area (Å²) in [4.78, 5) is 11.7. The van der Waals surface area contributed by atoms with Gasteiger partial charge in [-0.1, -0.05) is 11.6 Å². The van der Waals surface area contributed by atoms with E-state index in [1.165, 1.54) is 37.7 Å². The summed E-state index contributed by atoms with van der Waals surface area (Å²) in [7, 11) is -2.50. The molecular formula is C14H14ClN3O5S. The van der Waals surface area contributed by atoms with Gasteiger partial charge in [0.05, 0.1) is 11.4 Å². The van der Waals surface area contributed by atoms with Gasteiger partial charge in [0.2, 0.25) is 6.79 Å². The Morgan fingerprint density at radius 3 is 2.50 bits per heavy atom. The van der Waals surface area contributed by atoms with Gasteiger partial charge in [0.15, 0.2) is 17.3 Å². The zero-order valence-corrected chi connectivity index (χ0v) is 14.7. The molecule has 1 N–H and O–H groups in total. The minimum absolute atomic E-state index is 0.0103. The first kappa shape index (κ1) is 16.6. The van der Waals surface area contributed by atoms with Crippen molar-refractivity contribution >= 4 is 33.1 Å². The molecule has 1 aliphatic heterocycles. The van der Waals surface area contributed by atoms with Gasteiger partial charge >= 0.3 is 0 Å². The van der Waals surface area contributed by atoms with Crippen molar-refractivity contribution in [3.63, 3.8) is 0 Å². The Morgan fingerprint density at radius 1 is 1.33 bits per heavy atom. The number of fused-ring (bicyclic) bond motifs is 1. The first-order valence-corrected chi connectivity index (χ1v) is 8.73. The molecule has 0 saturated carbocycles. The van der Waals surface area contributed by atoms with E-state index in [-0.39, 0.29) is 39.6 Å². The third kappa shape index (κ3) is 2.69. The number of anilines is 1. The highest BCUT2D eigenvalue weighted by molar-refractivity contribution is 7.92. The number of ketones is 1. The molecule has 10 heteroatoms. The first-order valence-electron chi connectivity index (χ1n) is 6.87. The number of hydrogen-bond acceptors (Lipinski definition) is 6. The number of benzene rings is 1. The Morgan fingerprint density at radius 2 is 1.96 bits per heavy atom. The number of nitrogens with zero attached hydrogens (tertiary/aromatic N) is 2. The van der Waals surface area contributed by atoms with Crippen LogP contribution in [0.1, 0.15) is 23.0 Å². The summed E-state index contributed by atoms with van der Waals surface area (Å²) in [5, 5.41) is 3.96. The summed E-state index contributed by atoms with van der Waals surface area (Å²) in [6.07, 6.45) is 0. The maximum absolute atomic E-state index is 12.7. The number of ether oxygens (including phenoxy) is 2. The number of halogens is 1. The molecule has 0 fully saturated rings. The van der Waals surface area contributed by atoms with Crippen molar-refractivity contribution in [2.75, 3.05) is 11.5 Å². The predicted molar refractivity (Wildman–Crippen MR) is 86.3 cm³/mol. The smallest absolute Gasteiger partial charge is 0.266 e. The summed E-state index contributed by atoms with van der Waals surface area (Å²) < 4.78 is 39.5. The molecule has 1 aromatic carbocycles. The van der Waals surface area contributed by atoms with Crippen LogP contribution < -0.4 is 14.2 Å². The van der Waals surface area contributed by atoms with E-state index in [2.05, 4.69) is 9.82 Å². The normalized spacial score (nSPS) is 13.2. The lowest BCUT2D eigenvalue weighted by atomic mass is 10.1. The quantitative estimate of drug-likeness (QED) is 0.826. The van der Waals surface area contributed by atoms with E-state index in [1.807, 2.05) is 0 Å². The third-order valence-corrected chi connectivity index (χ3v) is 5.57. The Hall–Kier alpha value is -2.26. The number of carbonyl (C=O) groups excluding carboxylic acids is 1. The summed E-state index contributed by atoms with van der Waals surface area (Å²) >= 11 is 6.03. The highest BCUT2D eigenvalue weighted by atomic mass is 35.5. The third-order valence-electron chi connectivity index (χ3n) is 3.51. The van der Waals surface area contributed by atoms with Crippen LogP contribution in [0.5, 0.6) is 11.5 Å². The van der Waals surface area contributed by atoms with E-state index >= 15 is 0 Å². The van der Waals surface area contributed by atoms with Gasteiger partial charge in [-0.3, -0.25) is 14.2 Å². The van der Waals surface area contributed by atoms with Crippen molar-refractivity contribution in [1.82, 2.24) is 9.78 Å². The van der Waals surface area contributed by atoms with E-state index in [1.54, 1.807) is 0 Å². The number of aromatic nitrogens is 2. The summed E-state index contributed by atoms with van der Waals surface area (Å²) in [6, 6.07) is 2.86. The van der Waals surface area contributed by atoms with Crippen LogP contribution in [0.25, 0.3) is 0 Å². The van der Waals surface area contributed by atoms with Crippen LogP contribution in [-0.2, 0) is 17.1 Å². The number of nitrogens with one attached hydrogen (secondary N) is 1. The number of hydrogen-bond donors (Lipinski definition) is 1. The molecule has 0 spiro atoms. The topological polar surface area (TPSA) is 99.5 Å². The van der Waals surface area contributed by atoms with Crippen LogP contribution in [0.4, 0.5) is 5.69 Å². The molecule has 3 rings (SSSR count). The Kier molecular flexibility index (Phi) is 3.92. The van der Waals surface area contributed by atoms with E-state index in [9.17, 15) is 13.2 Å². The van der Waals surface area contributed by atoms with Gasteiger partial charge in [0.25, 0.3) is 10.0 Å². The first-order chi connectivity index (χ1) is 11.2. The zero-order valence-electron chi connectivity index (χ0n) is 13.1. The molecule has 0 unspecified atom stereocenters. The van der Waals surface area contributed by atoms with E-state index in [4.69, 9.17) is 21.1 Å². The van der Waals surface area contributed by atoms with Crippen molar-refractivity contribution in [1.29, 1.82) is 0 Å². The fourth-order valence-corrected chi connectivity index (χ4v) is 4.25. The van der Waals surface area contributed by atoms with Gasteiger partial charge in [-0.2, -0.15) is 5.10 Å². The molecule has 1 aromatic heterocycles. The van der Waals surface area contributed by atoms with Crippen molar-refractivity contribution in [3.8, 4) is 11.5 Å². The molecule has 8 nitrogen and oxygen atoms in total. The molecule has 24 heavy (non-hydrogen) atoms. The van der Waals surface area contributed by atoms with Crippen LogP contribution in [-0.4, -0.2) is 30.8 Å². The number of Topliss-reactive ketones (excluding diaryl/α,β-unsaturated/α-hetero) is 1. The van der Waals surface area contributed by atoms with Crippen molar-refractivity contribution in [2.24, 2.45) is 7.05 Å². The lowest BCUT2D eigenvalue weighted by molar-refractivity contribution is 0.101. The van der Waals surface area contributed by atoms with Crippen molar-refractivity contribution in [3.05, 3.63) is 28.5 Å². The molecule has 1 aliphatic rings. The largest absolute Gasteiger partial charge is 0.454 e. The molecule has 128 valence electrons. The fourth-order valence-electron chi connectivity index (χ4n) is 2.43. The average Bonchev–Trinajstić information content (AvgIpc) is 3.01. The molecule has 2 heterocycles. The number of carbonyl (C=O) groups is 1. The van der Waals surface area contributed by atoms with Crippen LogP contribution in [0, 0.1) is 6.92 Å². The Bertz CT molecular complexity index is 952. The highest BCUT2D eigenvalue weighted by Crippen LogP contribution is 2.38. The SMILES string of the molecule is CC(=O)c1cc2c(cc1NS(=O)(=O)c1c(C)nn(C)c1Cl)OCO2. The molecule has 2 aromatic rings. The van der Waals surface area contributed by atoms with Crippen LogP contribution in [0.2, 0.25) is 5.15 Å². The van der Waals surface area contributed by atoms with Gasteiger partial charge < -0.3 is 9.47 Å². The van der Waals surface area contributed by atoms with E-state index in [0.29, 0.717) is 11.5 Å². The highest BCUT2D eigenvalue weighted by Gasteiger charge is 2.28.